The number of amides is 1. The monoisotopic (exact) mass is 219 g/mol. The molecule has 1 aliphatic heterocycles. The number of carbonyl (C=O) groups is 1. The molecule has 2 nitrogen and oxygen atoms in total. The van der Waals surface area contributed by atoms with Gasteiger partial charge >= 0.3 is 0 Å². The second-order valence-corrected chi connectivity index (χ2v) is 4.08. The Morgan fingerprint density at radius 3 is 3.00 bits per heavy atom. The van der Waals surface area contributed by atoms with E-state index in [0.29, 0.717) is 6.42 Å². The third-order valence-corrected chi connectivity index (χ3v) is 3.09. The summed E-state index contributed by atoms with van der Waals surface area (Å²) >= 11 is 4.36. The van der Waals surface area contributed by atoms with E-state index in [-0.39, 0.29) is 5.91 Å². The van der Waals surface area contributed by atoms with Gasteiger partial charge < -0.3 is 5.32 Å². The van der Waals surface area contributed by atoms with E-state index < -0.39 is 0 Å². The minimum atomic E-state index is 0.0980. The minimum absolute atomic E-state index is 0.0980. The molecule has 1 aliphatic rings. The summed E-state index contributed by atoms with van der Waals surface area (Å²) in [7, 11) is 0. The summed E-state index contributed by atoms with van der Waals surface area (Å²) in [5.74, 6) is 0.0980. The smallest absolute Gasteiger partial charge is 0.224 e. The van der Waals surface area contributed by atoms with Crippen molar-refractivity contribution in [3.8, 4) is 0 Å². The highest BCUT2D eigenvalue weighted by Crippen LogP contribution is 2.27. The molecule has 1 aromatic rings. The van der Waals surface area contributed by atoms with Crippen molar-refractivity contribution in [2.24, 2.45) is 0 Å². The molecule has 0 bridgehead atoms. The summed E-state index contributed by atoms with van der Waals surface area (Å²) in [4.78, 5) is 12.2. The zero-order chi connectivity index (χ0) is 10.8. The van der Waals surface area contributed by atoms with Crippen molar-refractivity contribution in [1.82, 2.24) is 0 Å². The molecule has 78 valence electrons. The Kier molecular flexibility index (Phi) is 2.82. The summed E-state index contributed by atoms with van der Waals surface area (Å²) in [6.45, 7) is 1.94. The molecule has 1 amide bonds. The SMILES string of the molecule is C/C=C(\S)c1ccc2c(c1)NC(=O)CC2. The molecule has 0 saturated heterocycles. The first-order valence-corrected chi connectivity index (χ1v) is 5.44. The molecule has 0 spiro atoms. The Morgan fingerprint density at radius 2 is 2.27 bits per heavy atom. The quantitative estimate of drug-likeness (QED) is 0.699. The van der Waals surface area contributed by atoms with Crippen molar-refractivity contribution in [2.45, 2.75) is 19.8 Å². The lowest BCUT2D eigenvalue weighted by Crippen LogP contribution is -2.18. The van der Waals surface area contributed by atoms with Crippen LogP contribution in [0.5, 0.6) is 0 Å². The molecule has 0 aromatic heterocycles. The first kappa shape index (κ1) is 10.3. The Bertz CT molecular complexity index is 437. The summed E-state index contributed by atoms with van der Waals surface area (Å²) < 4.78 is 0. The molecule has 0 atom stereocenters. The lowest BCUT2D eigenvalue weighted by atomic mass is 10.0. The van der Waals surface area contributed by atoms with E-state index in [1.807, 2.05) is 25.1 Å². The molecule has 15 heavy (non-hydrogen) atoms. The van der Waals surface area contributed by atoms with Crippen LogP contribution in [0.1, 0.15) is 24.5 Å². The predicted octanol–water partition coefficient (Wildman–Crippen LogP) is 2.86. The lowest BCUT2D eigenvalue weighted by Gasteiger charge is -2.17. The molecule has 0 radical (unpaired) electrons. The largest absolute Gasteiger partial charge is 0.326 e. The predicted molar refractivity (Wildman–Crippen MR) is 66.0 cm³/mol. The molecule has 0 aliphatic carbocycles. The van der Waals surface area contributed by atoms with Crippen LogP contribution >= 0.6 is 12.6 Å². The van der Waals surface area contributed by atoms with Crippen LogP contribution in [0.25, 0.3) is 4.91 Å². The number of anilines is 1. The number of nitrogens with one attached hydrogen (secondary N) is 1. The number of aryl methyl sites for hydroxylation is 1. The average molecular weight is 219 g/mol. The molecule has 2 rings (SSSR count). The van der Waals surface area contributed by atoms with Crippen LogP contribution in [-0.4, -0.2) is 5.91 Å². The van der Waals surface area contributed by atoms with E-state index in [2.05, 4.69) is 24.0 Å². The second-order valence-electron chi connectivity index (χ2n) is 3.59. The van der Waals surface area contributed by atoms with Gasteiger partial charge in [0.15, 0.2) is 0 Å². The normalized spacial score (nSPS) is 15.9. The molecule has 0 saturated carbocycles. The van der Waals surface area contributed by atoms with Gasteiger partial charge in [0, 0.05) is 17.0 Å². The Morgan fingerprint density at radius 1 is 1.47 bits per heavy atom. The maximum atomic E-state index is 11.2. The van der Waals surface area contributed by atoms with Crippen LogP contribution < -0.4 is 5.32 Å². The molecule has 1 aromatic carbocycles. The lowest BCUT2D eigenvalue weighted by molar-refractivity contribution is -0.116. The van der Waals surface area contributed by atoms with Crippen molar-refractivity contribution < 1.29 is 4.79 Å². The van der Waals surface area contributed by atoms with Crippen LogP contribution in [-0.2, 0) is 11.2 Å². The number of rotatable bonds is 1. The fraction of sp³-hybridized carbons (Fsp3) is 0.250. The van der Waals surface area contributed by atoms with E-state index in [1.54, 1.807) is 0 Å². The maximum absolute atomic E-state index is 11.2. The summed E-state index contributed by atoms with van der Waals surface area (Å²) in [6, 6.07) is 6.08. The first-order chi connectivity index (χ1) is 7.20. The van der Waals surface area contributed by atoms with Gasteiger partial charge in [0.25, 0.3) is 0 Å². The van der Waals surface area contributed by atoms with Crippen molar-refractivity contribution in [3.05, 3.63) is 35.4 Å². The Balaban J connectivity index is 2.41. The Hall–Kier alpha value is -1.22. The molecular formula is C12H13NOS. The van der Waals surface area contributed by atoms with Crippen LogP contribution in [0.3, 0.4) is 0 Å². The van der Waals surface area contributed by atoms with E-state index in [4.69, 9.17) is 0 Å². The molecule has 1 N–H and O–H groups in total. The van der Waals surface area contributed by atoms with Gasteiger partial charge in [-0.3, -0.25) is 4.79 Å². The molecule has 0 unspecified atom stereocenters. The van der Waals surface area contributed by atoms with E-state index >= 15 is 0 Å². The molecular weight excluding hydrogens is 206 g/mol. The van der Waals surface area contributed by atoms with Crippen molar-refractivity contribution in [1.29, 1.82) is 0 Å². The van der Waals surface area contributed by atoms with Crippen LogP contribution in [0.4, 0.5) is 5.69 Å². The van der Waals surface area contributed by atoms with Crippen LogP contribution in [0.2, 0.25) is 0 Å². The van der Waals surface area contributed by atoms with Gasteiger partial charge in [-0.15, -0.1) is 12.6 Å². The number of hydrogen-bond acceptors (Lipinski definition) is 2. The molecule has 3 heteroatoms. The van der Waals surface area contributed by atoms with Gasteiger partial charge in [-0.05, 0) is 30.5 Å². The summed E-state index contributed by atoms with van der Waals surface area (Å²) in [5, 5.41) is 2.88. The minimum Gasteiger partial charge on any atom is -0.326 e. The number of fused-ring (bicyclic) bond motifs is 1. The van der Waals surface area contributed by atoms with E-state index in [0.717, 1.165) is 22.6 Å². The third-order valence-electron chi connectivity index (χ3n) is 2.57. The van der Waals surface area contributed by atoms with Gasteiger partial charge in [-0.1, -0.05) is 18.2 Å². The zero-order valence-corrected chi connectivity index (χ0v) is 9.47. The zero-order valence-electron chi connectivity index (χ0n) is 8.58. The van der Waals surface area contributed by atoms with Gasteiger partial charge in [0.2, 0.25) is 5.91 Å². The second kappa shape index (κ2) is 4.11. The van der Waals surface area contributed by atoms with Gasteiger partial charge in [0.1, 0.15) is 0 Å². The highest BCUT2D eigenvalue weighted by molar-refractivity contribution is 7.90. The van der Waals surface area contributed by atoms with Gasteiger partial charge in [-0.2, -0.15) is 0 Å². The van der Waals surface area contributed by atoms with E-state index in [9.17, 15) is 4.79 Å². The topological polar surface area (TPSA) is 29.1 Å². The average Bonchev–Trinajstić information content (AvgIpc) is 2.27. The fourth-order valence-electron chi connectivity index (χ4n) is 1.70. The number of benzene rings is 1. The summed E-state index contributed by atoms with van der Waals surface area (Å²) in [6.07, 6.45) is 3.36. The Labute approximate surface area is 94.8 Å². The first-order valence-electron chi connectivity index (χ1n) is 4.99. The maximum Gasteiger partial charge on any atom is 0.224 e. The van der Waals surface area contributed by atoms with Gasteiger partial charge in [0.05, 0.1) is 0 Å². The fourth-order valence-corrected chi connectivity index (χ4v) is 1.84. The molecule has 1 heterocycles. The van der Waals surface area contributed by atoms with Crippen LogP contribution in [0, 0.1) is 0 Å². The van der Waals surface area contributed by atoms with Crippen molar-refractivity contribution in [2.75, 3.05) is 5.32 Å². The number of allylic oxidation sites excluding steroid dienone is 1. The van der Waals surface area contributed by atoms with E-state index in [1.165, 1.54) is 5.56 Å². The highest BCUT2D eigenvalue weighted by atomic mass is 32.1. The number of carbonyl (C=O) groups excluding carboxylic acids is 1. The van der Waals surface area contributed by atoms with Crippen molar-refractivity contribution in [3.63, 3.8) is 0 Å². The van der Waals surface area contributed by atoms with Crippen LogP contribution in [0.15, 0.2) is 24.3 Å². The number of thiol groups is 1. The van der Waals surface area contributed by atoms with Crippen molar-refractivity contribution >= 4 is 29.1 Å². The number of hydrogen-bond donors (Lipinski definition) is 2. The molecule has 0 fully saturated rings. The standard InChI is InChI=1S/C12H13NOS/c1-2-11(15)9-4-3-8-5-6-12(14)13-10(8)7-9/h2-4,7,15H,5-6H2,1H3,(H,13,14)/b11-2-. The van der Waals surface area contributed by atoms with Gasteiger partial charge in [-0.25, -0.2) is 0 Å². The summed E-state index contributed by atoms with van der Waals surface area (Å²) in [5.41, 5.74) is 3.18. The third kappa shape index (κ3) is 2.07. The highest BCUT2D eigenvalue weighted by Gasteiger charge is 2.14.